The molecule has 10 heteroatoms. The van der Waals surface area contributed by atoms with Crippen molar-refractivity contribution in [2.45, 2.75) is 89.9 Å². The zero-order valence-electron chi connectivity index (χ0n) is 20.9. The van der Waals surface area contributed by atoms with E-state index in [2.05, 4.69) is 44.5 Å². The summed E-state index contributed by atoms with van der Waals surface area (Å²) >= 11 is 0. The van der Waals surface area contributed by atoms with Crippen LogP contribution in [-0.2, 0) is 26.3 Å². The van der Waals surface area contributed by atoms with Gasteiger partial charge in [-0.15, -0.1) is 0 Å². The number of ether oxygens (including phenoxy) is 1. The van der Waals surface area contributed by atoms with Crippen molar-refractivity contribution in [3.63, 3.8) is 0 Å². The van der Waals surface area contributed by atoms with Gasteiger partial charge < -0.3 is 24.8 Å². The first kappa shape index (κ1) is 25.1. The molecule has 2 N–H and O–H groups in total. The molecule has 2 atom stereocenters. The lowest BCUT2D eigenvalue weighted by Gasteiger charge is -2.36. The Hall–Kier alpha value is -3.01. The zero-order chi connectivity index (χ0) is 24.8. The van der Waals surface area contributed by atoms with E-state index in [1.807, 2.05) is 12.1 Å². The number of nitrogens with one attached hydrogen (secondary N) is 2. The molecule has 2 aromatic heterocycles. The van der Waals surface area contributed by atoms with Crippen LogP contribution in [0.3, 0.4) is 0 Å². The molecule has 2 aromatic rings. The number of morpholine rings is 1. The molecular weight excluding hydrogens is 448 g/mol. The van der Waals surface area contributed by atoms with Crippen LogP contribution in [0.25, 0.3) is 0 Å². The number of amides is 2. The van der Waals surface area contributed by atoms with Crippen LogP contribution < -0.4 is 15.5 Å². The second kappa shape index (κ2) is 11.2. The van der Waals surface area contributed by atoms with Gasteiger partial charge in [0, 0.05) is 32.9 Å². The molecule has 0 spiro atoms. The molecule has 1 saturated heterocycles. The SMILES string of the molecule is CC(=O)NC1(c2noc(CCC(=O)Nc3ccc(N4CC(C)OC(C)C4)nc3)n2)CCCCCC1. The Morgan fingerprint density at radius 1 is 1.11 bits per heavy atom. The Balaban J connectivity index is 1.31. The third-order valence-corrected chi connectivity index (χ3v) is 6.61. The normalized spacial score (nSPS) is 22.3. The highest BCUT2D eigenvalue weighted by atomic mass is 16.5. The number of hydrogen-bond donors (Lipinski definition) is 2. The van der Waals surface area contributed by atoms with Gasteiger partial charge >= 0.3 is 0 Å². The Morgan fingerprint density at radius 3 is 2.46 bits per heavy atom. The first-order valence-corrected chi connectivity index (χ1v) is 12.6. The number of nitrogens with zero attached hydrogens (tertiary/aromatic N) is 4. The second-order valence-electron chi connectivity index (χ2n) is 9.80. The van der Waals surface area contributed by atoms with E-state index in [4.69, 9.17) is 9.26 Å². The number of pyridine rings is 1. The average molecular weight is 485 g/mol. The molecule has 2 aliphatic rings. The van der Waals surface area contributed by atoms with Gasteiger partial charge in [0.2, 0.25) is 17.7 Å². The molecule has 3 heterocycles. The number of anilines is 2. The average Bonchev–Trinajstić information content (AvgIpc) is 3.17. The molecule has 1 aliphatic carbocycles. The molecule has 1 saturated carbocycles. The van der Waals surface area contributed by atoms with Crippen molar-refractivity contribution >= 4 is 23.3 Å². The Morgan fingerprint density at radius 2 is 1.83 bits per heavy atom. The number of carbonyl (C=O) groups excluding carboxylic acids is 2. The van der Waals surface area contributed by atoms with Gasteiger partial charge in [-0.2, -0.15) is 4.98 Å². The van der Waals surface area contributed by atoms with Gasteiger partial charge in [-0.1, -0.05) is 30.8 Å². The Labute approximate surface area is 206 Å². The molecule has 2 fully saturated rings. The fourth-order valence-corrected chi connectivity index (χ4v) is 5.08. The highest BCUT2D eigenvalue weighted by Gasteiger charge is 2.38. The third-order valence-electron chi connectivity index (χ3n) is 6.61. The van der Waals surface area contributed by atoms with Crippen molar-refractivity contribution < 1.29 is 18.8 Å². The first-order chi connectivity index (χ1) is 16.8. The van der Waals surface area contributed by atoms with Crippen LogP contribution in [-0.4, -0.2) is 52.2 Å². The van der Waals surface area contributed by atoms with E-state index in [9.17, 15) is 9.59 Å². The van der Waals surface area contributed by atoms with Crippen LogP contribution in [0.1, 0.15) is 77.4 Å². The molecule has 1 aliphatic heterocycles. The van der Waals surface area contributed by atoms with Crippen molar-refractivity contribution in [2.75, 3.05) is 23.3 Å². The molecule has 10 nitrogen and oxygen atoms in total. The zero-order valence-corrected chi connectivity index (χ0v) is 20.9. The minimum absolute atomic E-state index is 0.102. The van der Waals surface area contributed by atoms with E-state index in [-0.39, 0.29) is 30.4 Å². The number of hydrogen-bond acceptors (Lipinski definition) is 8. The van der Waals surface area contributed by atoms with Gasteiger partial charge in [0.15, 0.2) is 5.82 Å². The van der Waals surface area contributed by atoms with Crippen LogP contribution in [0.2, 0.25) is 0 Å². The summed E-state index contributed by atoms with van der Waals surface area (Å²) in [6, 6.07) is 3.78. The van der Waals surface area contributed by atoms with Crippen LogP contribution in [0.4, 0.5) is 11.5 Å². The van der Waals surface area contributed by atoms with E-state index in [1.54, 1.807) is 6.20 Å². The first-order valence-electron chi connectivity index (χ1n) is 12.6. The maximum Gasteiger partial charge on any atom is 0.227 e. The minimum atomic E-state index is -0.587. The number of aryl methyl sites for hydroxylation is 1. The minimum Gasteiger partial charge on any atom is -0.372 e. The molecule has 4 rings (SSSR count). The summed E-state index contributed by atoms with van der Waals surface area (Å²) in [5.74, 6) is 1.52. The highest BCUT2D eigenvalue weighted by molar-refractivity contribution is 5.90. The molecule has 0 radical (unpaired) electrons. The third kappa shape index (κ3) is 6.56. The summed E-state index contributed by atoms with van der Waals surface area (Å²) in [4.78, 5) is 35.6. The summed E-state index contributed by atoms with van der Waals surface area (Å²) in [7, 11) is 0. The lowest BCUT2D eigenvalue weighted by Crippen LogP contribution is -2.45. The number of carbonyl (C=O) groups is 2. The van der Waals surface area contributed by atoms with Crippen LogP contribution >= 0.6 is 0 Å². The number of rotatable bonds is 7. The quantitative estimate of drug-likeness (QED) is 0.574. The van der Waals surface area contributed by atoms with E-state index in [1.165, 1.54) is 6.92 Å². The van der Waals surface area contributed by atoms with Crippen LogP contribution in [0, 0.1) is 0 Å². The van der Waals surface area contributed by atoms with Gasteiger partial charge in [0.05, 0.1) is 24.1 Å². The van der Waals surface area contributed by atoms with Gasteiger partial charge in [0.1, 0.15) is 11.4 Å². The van der Waals surface area contributed by atoms with Crippen molar-refractivity contribution in [3.8, 4) is 0 Å². The topological polar surface area (TPSA) is 122 Å². The Kier molecular flexibility index (Phi) is 8.00. The molecule has 2 amide bonds. The highest BCUT2D eigenvalue weighted by Crippen LogP contribution is 2.34. The van der Waals surface area contributed by atoms with Gasteiger partial charge in [-0.3, -0.25) is 9.59 Å². The summed E-state index contributed by atoms with van der Waals surface area (Å²) < 4.78 is 11.2. The summed E-state index contributed by atoms with van der Waals surface area (Å²) in [5.41, 5.74) is 0.0536. The van der Waals surface area contributed by atoms with Crippen molar-refractivity contribution in [3.05, 3.63) is 30.0 Å². The predicted molar refractivity (Wildman–Crippen MR) is 131 cm³/mol. The Bertz CT molecular complexity index is 990. The maximum absolute atomic E-state index is 12.5. The van der Waals surface area contributed by atoms with Crippen molar-refractivity contribution in [2.24, 2.45) is 0 Å². The van der Waals surface area contributed by atoms with E-state index >= 15 is 0 Å². The number of aromatic nitrogens is 3. The summed E-state index contributed by atoms with van der Waals surface area (Å²) in [6.07, 6.45) is 8.35. The predicted octanol–water partition coefficient (Wildman–Crippen LogP) is 3.34. The lowest BCUT2D eigenvalue weighted by molar-refractivity contribution is -0.121. The molecule has 190 valence electrons. The standard InChI is InChI=1S/C25H36N6O4/c1-17-15-31(16-18(2)34-17)21-9-8-20(14-26-21)27-22(33)10-11-23-28-24(30-35-23)25(29-19(3)32)12-6-4-5-7-13-25/h8-9,14,17-18H,4-7,10-13,15-16H2,1-3H3,(H,27,33)(H,29,32). The van der Waals surface area contributed by atoms with Crippen molar-refractivity contribution in [1.29, 1.82) is 0 Å². The van der Waals surface area contributed by atoms with E-state index in [0.717, 1.165) is 57.4 Å². The second-order valence-corrected chi connectivity index (χ2v) is 9.80. The maximum atomic E-state index is 12.5. The summed E-state index contributed by atoms with van der Waals surface area (Å²) in [5, 5.41) is 10.1. The largest absolute Gasteiger partial charge is 0.372 e. The lowest BCUT2D eigenvalue weighted by atomic mass is 9.89. The fourth-order valence-electron chi connectivity index (χ4n) is 5.08. The smallest absolute Gasteiger partial charge is 0.227 e. The van der Waals surface area contributed by atoms with Crippen LogP contribution in [0.15, 0.2) is 22.9 Å². The van der Waals surface area contributed by atoms with Crippen molar-refractivity contribution in [1.82, 2.24) is 20.4 Å². The van der Waals surface area contributed by atoms with Gasteiger partial charge in [-0.25, -0.2) is 4.98 Å². The fraction of sp³-hybridized carbons (Fsp3) is 0.640. The molecule has 0 aromatic carbocycles. The van der Waals surface area contributed by atoms with Gasteiger partial charge in [-0.05, 0) is 38.8 Å². The molecular formula is C25H36N6O4. The molecule has 0 bridgehead atoms. The van der Waals surface area contributed by atoms with E-state index in [0.29, 0.717) is 23.8 Å². The molecule has 2 unspecified atom stereocenters. The van der Waals surface area contributed by atoms with Crippen LogP contribution in [0.5, 0.6) is 0 Å². The molecule has 35 heavy (non-hydrogen) atoms. The summed E-state index contributed by atoms with van der Waals surface area (Å²) in [6.45, 7) is 7.21. The monoisotopic (exact) mass is 484 g/mol. The van der Waals surface area contributed by atoms with Gasteiger partial charge in [0.25, 0.3) is 0 Å². The van der Waals surface area contributed by atoms with E-state index < -0.39 is 5.54 Å².